The number of methoxy groups -OCH3 is 1. The number of aliphatic hydroxyl groups is 1. The summed E-state index contributed by atoms with van der Waals surface area (Å²) >= 11 is 0. The van der Waals surface area contributed by atoms with Gasteiger partial charge in [0.2, 0.25) is 0 Å². The van der Waals surface area contributed by atoms with Crippen LogP contribution in [0.4, 0.5) is 0 Å². The van der Waals surface area contributed by atoms with Gasteiger partial charge in [-0.25, -0.2) is 0 Å². The van der Waals surface area contributed by atoms with Gasteiger partial charge in [0.25, 0.3) is 0 Å². The SMILES string of the molecule is COc1ccc(CN(C[C@@H](O)COCc2ccco2)C2CC2)cc1. The van der Waals surface area contributed by atoms with Gasteiger partial charge in [-0.2, -0.15) is 0 Å². The predicted octanol–water partition coefficient (Wildman–Crippen LogP) is 2.83. The highest BCUT2D eigenvalue weighted by Gasteiger charge is 2.30. The van der Waals surface area contributed by atoms with E-state index < -0.39 is 6.10 Å². The molecule has 0 unspecified atom stereocenters. The zero-order chi connectivity index (χ0) is 16.8. The largest absolute Gasteiger partial charge is 0.497 e. The fraction of sp³-hybridized carbons (Fsp3) is 0.474. The van der Waals surface area contributed by atoms with Crippen molar-refractivity contribution in [2.75, 3.05) is 20.3 Å². The van der Waals surface area contributed by atoms with E-state index >= 15 is 0 Å². The highest BCUT2D eigenvalue weighted by atomic mass is 16.5. The average molecular weight is 331 g/mol. The van der Waals surface area contributed by atoms with E-state index in [1.807, 2.05) is 24.3 Å². The van der Waals surface area contributed by atoms with Crippen LogP contribution in [-0.4, -0.2) is 42.4 Å². The molecule has 3 rings (SSSR count). The molecule has 1 saturated carbocycles. The minimum Gasteiger partial charge on any atom is -0.497 e. The highest BCUT2D eigenvalue weighted by Crippen LogP contribution is 2.28. The van der Waals surface area contributed by atoms with Crippen molar-refractivity contribution < 1.29 is 19.0 Å². The number of aliphatic hydroxyl groups excluding tert-OH is 1. The summed E-state index contributed by atoms with van der Waals surface area (Å²) in [6.07, 6.45) is 3.53. The topological polar surface area (TPSA) is 55.1 Å². The van der Waals surface area contributed by atoms with E-state index in [-0.39, 0.29) is 0 Å². The van der Waals surface area contributed by atoms with Gasteiger partial charge in [-0.15, -0.1) is 0 Å². The third kappa shape index (κ3) is 5.09. The summed E-state index contributed by atoms with van der Waals surface area (Å²) in [5.41, 5.74) is 1.23. The lowest BCUT2D eigenvalue weighted by molar-refractivity contribution is 0.00246. The zero-order valence-electron chi connectivity index (χ0n) is 14.1. The lowest BCUT2D eigenvalue weighted by Crippen LogP contribution is -2.36. The Morgan fingerprint density at radius 1 is 1.25 bits per heavy atom. The predicted molar refractivity (Wildman–Crippen MR) is 90.8 cm³/mol. The second-order valence-electron chi connectivity index (χ2n) is 6.26. The maximum atomic E-state index is 10.3. The first-order valence-corrected chi connectivity index (χ1v) is 8.40. The fourth-order valence-corrected chi connectivity index (χ4v) is 2.76. The number of hydrogen-bond donors (Lipinski definition) is 1. The van der Waals surface area contributed by atoms with Crippen molar-refractivity contribution in [3.8, 4) is 5.75 Å². The third-order valence-corrected chi connectivity index (χ3v) is 4.19. The lowest BCUT2D eigenvalue weighted by atomic mass is 10.2. The van der Waals surface area contributed by atoms with E-state index in [9.17, 15) is 5.11 Å². The summed E-state index contributed by atoms with van der Waals surface area (Å²) in [5, 5.41) is 10.3. The Labute approximate surface area is 142 Å². The van der Waals surface area contributed by atoms with Crippen LogP contribution in [0.1, 0.15) is 24.2 Å². The molecule has 1 aromatic heterocycles. The van der Waals surface area contributed by atoms with Crippen molar-refractivity contribution in [2.45, 2.75) is 38.1 Å². The molecule has 0 spiro atoms. The highest BCUT2D eigenvalue weighted by molar-refractivity contribution is 5.27. The van der Waals surface area contributed by atoms with Crippen molar-refractivity contribution in [1.29, 1.82) is 0 Å². The van der Waals surface area contributed by atoms with Gasteiger partial charge >= 0.3 is 0 Å². The first-order valence-electron chi connectivity index (χ1n) is 8.40. The van der Waals surface area contributed by atoms with Crippen LogP contribution in [0.2, 0.25) is 0 Å². The summed E-state index contributed by atoms with van der Waals surface area (Å²) in [7, 11) is 1.67. The third-order valence-electron chi connectivity index (χ3n) is 4.19. The van der Waals surface area contributed by atoms with Crippen LogP contribution in [0.25, 0.3) is 0 Å². The van der Waals surface area contributed by atoms with E-state index in [4.69, 9.17) is 13.9 Å². The molecule has 24 heavy (non-hydrogen) atoms. The molecular weight excluding hydrogens is 306 g/mol. The molecule has 2 aromatic rings. The van der Waals surface area contributed by atoms with Crippen LogP contribution in [-0.2, 0) is 17.9 Å². The van der Waals surface area contributed by atoms with Crippen molar-refractivity contribution in [2.24, 2.45) is 0 Å². The van der Waals surface area contributed by atoms with Gasteiger partial charge in [0.05, 0.1) is 26.1 Å². The van der Waals surface area contributed by atoms with E-state index in [2.05, 4.69) is 17.0 Å². The van der Waals surface area contributed by atoms with Crippen LogP contribution < -0.4 is 4.74 Å². The van der Waals surface area contributed by atoms with Crippen molar-refractivity contribution in [1.82, 2.24) is 4.90 Å². The lowest BCUT2D eigenvalue weighted by Gasteiger charge is -2.25. The normalized spacial score (nSPS) is 15.6. The van der Waals surface area contributed by atoms with E-state index in [1.165, 1.54) is 18.4 Å². The Balaban J connectivity index is 1.46. The summed E-state index contributed by atoms with van der Waals surface area (Å²) in [5.74, 6) is 1.64. The second kappa shape index (κ2) is 8.33. The molecular formula is C19H25NO4. The number of nitrogens with zero attached hydrogens (tertiary/aromatic N) is 1. The molecule has 1 N–H and O–H groups in total. The molecule has 1 aliphatic carbocycles. The average Bonchev–Trinajstić information content (AvgIpc) is 3.32. The molecule has 1 aliphatic rings. The van der Waals surface area contributed by atoms with E-state index in [0.29, 0.717) is 25.8 Å². The van der Waals surface area contributed by atoms with Crippen molar-refractivity contribution in [3.63, 3.8) is 0 Å². The maximum absolute atomic E-state index is 10.3. The van der Waals surface area contributed by atoms with E-state index in [1.54, 1.807) is 13.4 Å². The van der Waals surface area contributed by atoms with Gasteiger partial charge < -0.3 is 19.0 Å². The van der Waals surface area contributed by atoms with Crippen molar-refractivity contribution in [3.05, 3.63) is 54.0 Å². The van der Waals surface area contributed by atoms with Gasteiger partial charge in [-0.05, 0) is 42.7 Å². The Morgan fingerprint density at radius 2 is 2.04 bits per heavy atom. The van der Waals surface area contributed by atoms with Gasteiger partial charge in [0, 0.05) is 19.1 Å². The quantitative estimate of drug-likeness (QED) is 0.725. The molecule has 5 heteroatoms. The molecule has 130 valence electrons. The van der Waals surface area contributed by atoms with Gasteiger partial charge in [-0.1, -0.05) is 12.1 Å². The maximum Gasteiger partial charge on any atom is 0.129 e. The van der Waals surface area contributed by atoms with Crippen LogP contribution in [0.15, 0.2) is 47.1 Å². The molecule has 0 amide bonds. The summed E-state index contributed by atoms with van der Waals surface area (Å²) in [6, 6.07) is 12.4. The molecule has 0 bridgehead atoms. The zero-order valence-corrected chi connectivity index (χ0v) is 14.1. The van der Waals surface area contributed by atoms with Crippen LogP contribution in [0.5, 0.6) is 5.75 Å². The molecule has 5 nitrogen and oxygen atoms in total. The molecule has 0 aliphatic heterocycles. The van der Waals surface area contributed by atoms with Crippen LogP contribution in [0, 0.1) is 0 Å². The first kappa shape index (κ1) is 17.0. The molecule has 0 saturated heterocycles. The minimum atomic E-state index is -0.501. The monoisotopic (exact) mass is 331 g/mol. The number of rotatable bonds is 10. The minimum absolute atomic E-state index is 0.312. The van der Waals surface area contributed by atoms with E-state index in [0.717, 1.165) is 18.1 Å². The smallest absolute Gasteiger partial charge is 0.129 e. The molecule has 0 radical (unpaired) electrons. The standard InChI is InChI=1S/C19H25NO4/c1-22-18-8-4-15(5-9-18)11-20(16-6-7-16)12-17(21)13-23-14-19-3-2-10-24-19/h2-5,8-10,16-17,21H,6-7,11-14H2,1H3/t17-/m1/s1. The summed E-state index contributed by atoms with van der Waals surface area (Å²) in [4.78, 5) is 2.34. The number of furan rings is 1. The molecule has 1 aromatic carbocycles. The van der Waals surface area contributed by atoms with Gasteiger partial charge in [-0.3, -0.25) is 4.90 Å². The van der Waals surface area contributed by atoms with Crippen molar-refractivity contribution >= 4 is 0 Å². The number of benzene rings is 1. The fourth-order valence-electron chi connectivity index (χ4n) is 2.76. The molecule has 1 heterocycles. The van der Waals surface area contributed by atoms with Crippen LogP contribution >= 0.6 is 0 Å². The number of hydrogen-bond acceptors (Lipinski definition) is 5. The van der Waals surface area contributed by atoms with Gasteiger partial charge in [0.1, 0.15) is 18.1 Å². The Kier molecular flexibility index (Phi) is 5.91. The Morgan fingerprint density at radius 3 is 2.67 bits per heavy atom. The van der Waals surface area contributed by atoms with Crippen LogP contribution in [0.3, 0.4) is 0 Å². The first-order chi connectivity index (χ1) is 11.7. The number of ether oxygens (including phenoxy) is 2. The molecule has 1 fully saturated rings. The Bertz CT molecular complexity index is 592. The van der Waals surface area contributed by atoms with Gasteiger partial charge in [0.15, 0.2) is 0 Å². The Hall–Kier alpha value is -1.82. The second-order valence-corrected chi connectivity index (χ2v) is 6.26. The summed E-state index contributed by atoms with van der Waals surface area (Å²) in [6.45, 7) is 2.16. The molecule has 1 atom stereocenters. The summed E-state index contributed by atoms with van der Waals surface area (Å²) < 4.78 is 15.9.